The van der Waals surface area contributed by atoms with Crippen LogP contribution >= 0.6 is 0 Å². The van der Waals surface area contributed by atoms with E-state index in [1.165, 1.54) is 0 Å². The van der Waals surface area contributed by atoms with E-state index >= 15 is 0 Å². The summed E-state index contributed by atoms with van der Waals surface area (Å²) in [5.41, 5.74) is 0. The smallest absolute Gasteiger partial charge is 0.371 e. The van der Waals surface area contributed by atoms with Crippen molar-refractivity contribution in [2.75, 3.05) is 6.54 Å². The Hall–Kier alpha value is -1.60. The zero-order valence-electron chi connectivity index (χ0n) is 10.2. The van der Waals surface area contributed by atoms with Crippen molar-refractivity contribution in [3.8, 4) is 0 Å². The van der Waals surface area contributed by atoms with Gasteiger partial charge >= 0.3 is 5.97 Å². The molecule has 0 saturated carbocycles. The first-order valence-corrected chi connectivity index (χ1v) is 7.45. The fourth-order valence-corrected chi connectivity index (χ4v) is 2.96. The number of nitrogens with one attached hydrogen (secondary N) is 1. The fraction of sp³-hybridized carbons (Fsp3) is 0.417. The normalized spacial score (nSPS) is 19.5. The Kier molecular flexibility index (Phi) is 4.06. The molecule has 2 rings (SSSR count). The van der Waals surface area contributed by atoms with Gasteiger partial charge < -0.3 is 9.52 Å². The van der Waals surface area contributed by atoms with Crippen LogP contribution in [0.4, 0.5) is 0 Å². The van der Waals surface area contributed by atoms with E-state index in [0.717, 1.165) is 31.4 Å². The molecule has 2 N–H and O–H groups in total. The number of carboxylic acid groups (broad SMARTS) is 1. The Labute approximate surface area is 111 Å². The lowest BCUT2D eigenvalue weighted by molar-refractivity contribution is 0.0656. The topological polar surface area (TPSA) is 96.6 Å². The molecule has 0 aromatic carbocycles. The summed E-state index contributed by atoms with van der Waals surface area (Å²) < 4.78 is 31.0. The summed E-state index contributed by atoms with van der Waals surface area (Å²) >= 11 is 0. The summed E-state index contributed by atoms with van der Waals surface area (Å²) in [6, 6.07) is 2.27. The Morgan fingerprint density at radius 2 is 2.21 bits per heavy atom. The van der Waals surface area contributed by atoms with Crippen LogP contribution in [-0.4, -0.2) is 26.0 Å². The van der Waals surface area contributed by atoms with Crippen LogP contribution in [0.5, 0.6) is 0 Å². The van der Waals surface area contributed by atoms with Gasteiger partial charge in [-0.15, -0.1) is 0 Å². The Bertz CT molecular complexity index is 587. The molecule has 1 unspecified atom stereocenters. The molecule has 6 nitrogen and oxygen atoms in total. The largest absolute Gasteiger partial charge is 0.475 e. The molecule has 0 aliphatic heterocycles. The second kappa shape index (κ2) is 5.58. The van der Waals surface area contributed by atoms with Crippen molar-refractivity contribution in [3.05, 3.63) is 30.0 Å². The Balaban J connectivity index is 2.01. The predicted molar refractivity (Wildman–Crippen MR) is 67.3 cm³/mol. The van der Waals surface area contributed by atoms with Crippen molar-refractivity contribution in [1.29, 1.82) is 0 Å². The van der Waals surface area contributed by atoms with Gasteiger partial charge in [0.1, 0.15) is 0 Å². The van der Waals surface area contributed by atoms with Crippen molar-refractivity contribution >= 4 is 16.0 Å². The lowest BCUT2D eigenvalue weighted by Gasteiger charge is -2.17. The molecular weight excluding hydrogens is 270 g/mol. The van der Waals surface area contributed by atoms with Gasteiger partial charge in [-0.05, 0) is 37.3 Å². The van der Waals surface area contributed by atoms with E-state index in [2.05, 4.69) is 10.8 Å². The lowest BCUT2D eigenvalue weighted by Crippen LogP contribution is -2.29. The van der Waals surface area contributed by atoms with Gasteiger partial charge in [-0.25, -0.2) is 17.9 Å². The second-order valence-corrected chi connectivity index (χ2v) is 6.12. The molecule has 0 fully saturated rings. The average molecular weight is 285 g/mol. The fourth-order valence-electron chi connectivity index (χ4n) is 1.92. The number of carbonyl (C=O) groups is 1. The van der Waals surface area contributed by atoms with Crippen LogP contribution < -0.4 is 4.72 Å². The highest BCUT2D eigenvalue weighted by molar-refractivity contribution is 7.89. The van der Waals surface area contributed by atoms with Gasteiger partial charge in [0.25, 0.3) is 10.0 Å². The highest BCUT2D eigenvalue weighted by atomic mass is 32.2. The van der Waals surface area contributed by atoms with Crippen molar-refractivity contribution in [2.45, 2.75) is 24.4 Å². The minimum absolute atomic E-state index is 0.272. The van der Waals surface area contributed by atoms with Crippen LogP contribution in [0.3, 0.4) is 0 Å². The van der Waals surface area contributed by atoms with Crippen LogP contribution in [0.25, 0.3) is 0 Å². The maximum atomic E-state index is 11.9. The minimum Gasteiger partial charge on any atom is -0.475 e. The van der Waals surface area contributed by atoms with Crippen molar-refractivity contribution in [3.63, 3.8) is 0 Å². The van der Waals surface area contributed by atoms with E-state index in [1.54, 1.807) is 0 Å². The number of sulfonamides is 1. The number of aromatic carboxylic acids is 1. The Morgan fingerprint density at radius 1 is 1.42 bits per heavy atom. The number of hydrogen-bond donors (Lipinski definition) is 2. The van der Waals surface area contributed by atoms with Crippen molar-refractivity contribution in [1.82, 2.24) is 4.72 Å². The van der Waals surface area contributed by atoms with Crippen molar-refractivity contribution < 1.29 is 22.7 Å². The summed E-state index contributed by atoms with van der Waals surface area (Å²) in [6.45, 7) is 0.329. The molecule has 1 atom stereocenters. The monoisotopic (exact) mass is 285 g/mol. The third-order valence-corrected chi connectivity index (χ3v) is 4.29. The molecule has 0 bridgehead atoms. The first kappa shape index (κ1) is 13.8. The van der Waals surface area contributed by atoms with E-state index in [9.17, 15) is 13.2 Å². The standard InChI is InChI=1S/C12H15NO5S/c14-12(15)10-6-7-11(18-10)19(16,17)13-8-9-4-2-1-3-5-9/h1-2,6-7,9,13H,3-5,8H2,(H,14,15). The maximum Gasteiger partial charge on any atom is 0.371 e. The average Bonchev–Trinajstić information content (AvgIpc) is 2.88. The molecule has 1 aliphatic carbocycles. The molecule has 1 heterocycles. The van der Waals surface area contributed by atoms with Crippen LogP contribution in [-0.2, 0) is 10.0 Å². The molecule has 19 heavy (non-hydrogen) atoms. The molecular formula is C12H15NO5S. The van der Waals surface area contributed by atoms with Gasteiger partial charge in [0.2, 0.25) is 10.9 Å². The highest BCUT2D eigenvalue weighted by Gasteiger charge is 2.22. The summed E-state index contributed by atoms with van der Waals surface area (Å²) in [4.78, 5) is 10.6. The first-order chi connectivity index (χ1) is 8.99. The summed E-state index contributed by atoms with van der Waals surface area (Å²) in [7, 11) is -3.78. The number of hydrogen-bond acceptors (Lipinski definition) is 4. The minimum atomic E-state index is -3.78. The first-order valence-electron chi connectivity index (χ1n) is 5.97. The van der Waals surface area contributed by atoms with E-state index in [-0.39, 0.29) is 16.8 Å². The third-order valence-electron chi connectivity index (χ3n) is 3.00. The number of carboxylic acids is 1. The zero-order chi connectivity index (χ0) is 13.9. The predicted octanol–water partition coefficient (Wildman–Crippen LogP) is 1.61. The number of furan rings is 1. The second-order valence-electron chi connectivity index (χ2n) is 4.43. The van der Waals surface area contributed by atoms with Crippen LogP contribution in [0.15, 0.2) is 33.8 Å². The quantitative estimate of drug-likeness (QED) is 0.801. The van der Waals surface area contributed by atoms with Gasteiger partial charge in [-0.3, -0.25) is 0 Å². The van der Waals surface area contributed by atoms with Gasteiger partial charge in [0.05, 0.1) is 0 Å². The van der Waals surface area contributed by atoms with Gasteiger partial charge in [0, 0.05) is 6.54 Å². The molecule has 7 heteroatoms. The SMILES string of the molecule is O=C(O)c1ccc(S(=O)(=O)NCC2CC=CCC2)o1. The maximum absolute atomic E-state index is 11.9. The van der Waals surface area contributed by atoms with Crippen LogP contribution in [0, 0.1) is 5.92 Å². The van der Waals surface area contributed by atoms with E-state index < -0.39 is 16.0 Å². The molecule has 1 aromatic heterocycles. The number of rotatable bonds is 5. The van der Waals surface area contributed by atoms with E-state index in [0.29, 0.717) is 6.54 Å². The lowest BCUT2D eigenvalue weighted by atomic mass is 9.95. The summed E-state index contributed by atoms with van der Waals surface area (Å²) in [6.07, 6.45) is 6.86. The van der Waals surface area contributed by atoms with Crippen LogP contribution in [0.2, 0.25) is 0 Å². The van der Waals surface area contributed by atoms with Crippen LogP contribution in [0.1, 0.15) is 29.8 Å². The van der Waals surface area contributed by atoms with Crippen molar-refractivity contribution in [2.24, 2.45) is 5.92 Å². The molecule has 1 aromatic rings. The molecule has 0 radical (unpaired) electrons. The third kappa shape index (κ3) is 3.45. The summed E-state index contributed by atoms with van der Waals surface area (Å²) in [5.74, 6) is -1.41. The van der Waals surface area contributed by atoms with E-state index in [1.807, 2.05) is 6.08 Å². The number of allylic oxidation sites excluding steroid dienone is 2. The zero-order valence-corrected chi connectivity index (χ0v) is 11.0. The molecule has 104 valence electrons. The van der Waals surface area contributed by atoms with Gasteiger partial charge in [0.15, 0.2) is 0 Å². The summed E-state index contributed by atoms with van der Waals surface area (Å²) in [5, 5.41) is 8.32. The van der Waals surface area contributed by atoms with Gasteiger partial charge in [-0.1, -0.05) is 12.2 Å². The highest BCUT2D eigenvalue weighted by Crippen LogP contribution is 2.19. The molecule has 1 aliphatic rings. The van der Waals surface area contributed by atoms with Gasteiger partial charge in [-0.2, -0.15) is 0 Å². The Morgan fingerprint density at radius 3 is 2.79 bits per heavy atom. The molecule has 0 saturated heterocycles. The molecule has 0 spiro atoms. The van der Waals surface area contributed by atoms with E-state index in [4.69, 9.17) is 9.52 Å². The molecule has 0 amide bonds.